The Kier molecular flexibility index (Phi) is 6.04. The molecule has 2 aromatic rings. The molecule has 10 nitrogen and oxygen atoms in total. The minimum atomic E-state index is -0.905. The highest BCUT2D eigenvalue weighted by Crippen LogP contribution is 2.50. The number of benzene rings is 2. The number of aliphatic hydroxyl groups is 1. The monoisotopic (exact) mass is 467 g/mol. The summed E-state index contributed by atoms with van der Waals surface area (Å²) in [4.78, 5) is 37.0. The van der Waals surface area contributed by atoms with Crippen LogP contribution in [-0.2, 0) is 20.9 Å². The SMILES string of the molecule is C[C@@H](O)[C@H]1C(=O)N2C(C(=O)OCc3ccc([N+](=O)[O-])cc3)=C(Oc3ccc(C#N)cc3)S[C@H]12. The summed E-state index contributed by atoms with van der Waals surface area (Å²) in [7, 11) is 0. The van der Waals surface area contributed by atoms with Gasteiger partial charge in [0.25, 0.3) is 5.69 Å². The van der Waals surface area contributed by atoms with Crippen molar-refractivity contribution in [1.29, 1.82) is 5.26 Å². The molecule has 2 aliphatic rings. The zero-order valence-corrected chi connectivity index (χ0v) is 18.0. The maximum atomic E-state index is 12.9. The molecule has 4 rings (SSSR count). The third kappa shape index (κ3) is 4.26. The average molecular weight is 467 g/mol. The number of thioether (sulfide) groups is 1. The van der Waals surface area contributed by atoms with Crippen LogP contribution in [0.3, 0.4) is 0 Å². The van der Waals surface area contributed by atoms with E-state index < -0.39 is 34.2 Å². The smallest absolute Gasteiger partial charge is 0.359 e. The average Bonchev–Trinajstić information content (AvgIpc) is 3.11. The number of rotatable bonds is 7. The van der Waals surface area contributed by atoms with Gasteiger partial charge in [0.1, 0.15) is 17.7 Å². The van der Waals surface area contributed by atoms with Gasteiger partial charge in [-0.1, -0.05) is 11.8 Å². The Morgan fingerprint density at radius 1 is 1.27 bits per heavy atom. The van der Waals surface area contributed by atoms with E-state index in [0.29, 0.717) is 16.9 Å². The molecule has 0 saturated carbocycles. The molecule has 1 saturated heterocycles. The number of aliphatic hydroxyl groups excluding tert-OH is 1. The molecule has 1 amide bonds. The van der Waals surface area contributed by atoms with Crippen molar-refractivity contribution in [2.24, 2.45) is 5.92 Å². The van der Waals surface area contributed by atoms with E-state index in [9.17, 15) is 24.8 Å². The van der Waals surface area contributed by atoms with Gasteiger partial charge in [-0.2, -0.15) is 5.26 Å². The van der Waals surface area contributed by atoms with Crippen LogP contribution in [0.2, 0.25) is 0 Å². The standard InChI is InChI=1S/C22H17N3O7S/c1-12(26)17-19(27)24-18(21(28)31-11-14-2-6-15(7-3-14)25(29)30)22(33-20(17)24)32-16-8-4-13(10-23)5-9-16/h2-9,12,17,20,26H,11H2,1H3/t12-,17+,20-/m1/s1. The van der Waals surface area contributed by atoms with Crippen molar-refractivity contribution >= 4 is 29.3 Å². The minimum Gasteiger partial charge on any atom is -0.456 e. The van der Waals surface area contributed by atoms with Crippen molar-refractivity contribution in [3.05, 3.63) is 80.6 Å². The molecule has 1 fully saturated rings. The van der Waals surface area contributed by atoms with E-state index in [-0.39, 0.29) is 23.1 Å². The number of nitriles is 1. The van der Waals surface area contributed by atoms with Crippen molar-refractivity contribution < 1.29 is 29.1 Å². The number of hydrogen-bond donors (Lipinski definition) is 1. The largest absolute Gasteiger partial charge is 0.456 e. The second kappa shape index (κ2) is 8.93. The minimum absolute atomic E-state index is 0.0711. The first-order valence-corrected chi connectivity index (χ1v) is 10.7. The number of carbonyl (C=O) groups is 2. The second-order valence-electron chi connectivity index (χ2n) is 7.36. The van der Waals surface area contributed by atoms with Crippen molar-refractivity contribution in [2.75, 3.05) is 0 Å². The highest BCUT2D eigenvalue weighted by molar-refractivity contribution is 8.03. The van der Waals surface area contributed by atoms with Gasteiger partial charge in [0.15, 0.2) is 10.8 Å². The molecule has 168 valence electrons. The first-order chi connectivity index (χ1) is 15.8. The molecule has 0 spiro atoms. The predicted molar refractivity (Wildman–Crippen MR) is 115 cm³/mol. The predicted octanol–water partition coefficient (Wildman–Crippen LogP) is 2.67. The lowest BCUT2D eigenvalue weighted by Gasteiger charge is -2.43. The third-order valence-corrected chi connectivity index (χ3v) is 6.41. The Hall–Kier alpha value is -3.88. The Labute approximate surface area is 192 Å². The number of esters is 1. The lowest BCUT2D eigenvalue weighted by Crippen LogP contribution is -2.60. The van der Waals surface area contributed by atoms with Crippen molar-refractivity contribution in [2.45, 2.75) is 25.0 Å². The van der Waals surface area contributed by atoms with E-state index in [1.165, 1.54) is 36.1 Å². The van der Waals surface area contributed by atoms with E-state index in [2.05, 4.69) is 0 Å². The summed E-state index contributed by atoms with van der Waals surface area (Å²) < 4.78 is 11.2. The highest BCUT2D eigenvalue weighted by atomic mass is 32.2. The zero-order chi connectivity index (χ0) is 23.7. The lowest BCUT2D eigenvalue weighted by atomic mass is 9.92. The summed E-state index contributed by atoms with van der Waals surface area (Å²) in [6.45, 7) is 1.34. The fourth-order valence-electron chi connectivity index (χ4n) is 3.45. The first kappa shape index (κ1) is 22.3. The summed E-state index contributed by atoms with van der Waals surface area (Å²) in [5.41, 5.74) is 0.809. The van der Waals surface area contributed by atoms with Gasteiger partial charge in [0.2, 0.25) is 5.91 Å². The zero-order valence-electron chi connectivity index (χ0n) is 17.2. The molecule has 33 heavy (non-hydrogen) atoms. The highest BCUT2D eigenvalue weighted by Gasteiger charge is 2.58. The second-order valence-corrected chi connectivity index (χ2v) is 8.45. The van der Waals surface area contributed by atoms with Crippen LogP contribution in [0.25, 0.3) is 0 Å². The van der Waals surface area contributed by atoms with Gasteiger partial charge in [-0.15, -0.1) is 0 Å². The van der Waals surface area contributed by atoms with Crippen LogP contribution < -0.4 is 4.74 Å². The number of nitro benzene ring substituents is 1. The van der Waals surface area contributed by atoms with Gasteiger partial charge in [-0.05, 0) is 48.9 Å². The molecule has 11 heteroatoms. The fraction of sp³-hybridized carbons (Fsp3) is 0.227. The van der Waals surface area contributed by atoms with Gasteiger partial charge in [-0.3, -0.25) is 19.8 Å². The number of nitro groups is 1. The maximum absolute atomic E-state index is 12.9. The molecule has 2 heterocycles. The number of fused-ring (bicyclic) bond motifs is 1. The summed E-state index contributed by atoms with van der Waals surface area (Å²) in [6.07, 6.45) is -0.905. The number of carbonyl (C=O) groups excluding carboxylic acids is 2. The van der Waals surface area contributed by atoms with E-state index in [0.717, 1.165) is 11.8 Å². The van der Waals surface area contributed by atoms with Crippen molar-refractivity contribution in [1.82, 2.24) is 4.90 Å². The normalized spacial score (nSPS) is 19.9. The molecule has 0 unspecified atom stereocenters. The summed E-state index contributed by atoms with van der Waals surface area (Å²) >= 11 is 1.13. The third-order valence-electron chi connectivity index (χ3n) is 5.17. The van der Waals surface area contributed by atoms with E-state index in [4.69, 9.17) is 14.7 Å². The molecule has 1 N–H and O–H groups in total. The quantitative estimate of drug-likeness (QED) is 0.281. The molecule has 2 aliphatic heterocycles. The van der Waals surface area contributed by atoms with Crippen LogP contribution in [-0.4, -0.2) is 38.3 Å². The number of hydrogen-bond acceptors (Lipinski definition) is 9. The van der Waals surface area contributed by atoms with Crippen LogP contribution in [0.15, 0.2) is 59.3 Å². The van der Waals surface area contributed by atoms with E-state index in [1.54, 1.807) is 24.3 Å². The molecule has 2 aromatic carbocycles. The number of nitrogens with zero attached hydrogens (tertiary/aromatic N) is 3. The van der Waals surface area contributed by atoms with Gasteiger partial charge >= 0.3 is 5.97 Å². The van der Waals surface area contributed by atoms with Crippen LogP contribution in [0.1, 0.15) is 18.1 Å². The lowest BCUT2D eigenvalue weighted by molar-refractivity contribution is -0.384. The summed E-state index contributed by atoms with van der Waals surface area (Å²) in [6, 6.07) is 13.8. The molecule has 0 radical (unpaired) electrons. The van der Waals surface area contributed by atoms with Crippen molar-refractivity contribution in [3.8, 4) is 11.8 Å². The van der Waals surface area contributed by atoms with E-state index >= 15 is 0 Å². The molecule has 3 atom stereocenters. The van der Waals surface area contributed by atoms with E-state index in [1.807, 2.05) is 6.07 Å². The van der Waals surface area contributed by atoms with Gasteiger partial charge in [0.05, 0.1) is 28.6 Å². The molecular weight excluding hydrogens is 450 g/mol. The van der Waals surface area contributed by atoms with Crippen LogP contribution in [0, 0.1) is 27.4 Å². The van der Waals surface area contributed by atoms with Crippen LogP contribution in [0.4, 0.5) is 5.69 Å². The number of amides is 1. The van der Waals surface area contributed by atoms with Gasteiger partial charge in [-0.25, -0.2) is 4.79 Å². The summed E-state index contributed by atoms with van der Waals surface area (Å²) in [5.74, 6) is -1.54. The Morgan fingerprint density at radius 2 is 1.94 bits per heavy atom. The Bertz CT molecular complexity index is 1190. The van der Waals surface area contributed by atoms with Crippen molar-refractivity contribution in [3.63, 3.8) is 0 Å². The van der Waals surface area contributed by atoms with Crippen LogP contribution >= 0.6 is 11.8 Å². The first-order valence-electron chi connectivity index (χ1n) is 9.80. The molecule has 0 bridgehead atoms. The van der Waals surface area contributed by atoms with Crippen LogP contribution in [0.5, 0.6) is 5.75 Å². The maximum Gasteiger partial charge on any atom is 0.359 e. The Balaban J connectivity index is 1.55. The number of β-lactam (4-membered cyclic amide) rings is 1. The van der Waals surface area contributed by atoms with Gasteiger partial charge < -0.3 is 14.6 Å². The Morgan fingerprint density at radius 3 is 2.52 bits per heavy atom. The fourth-order valence-corrected chi connectivity index (χ4v) is 4.91. The summed E-state index contributed by atoms with van der Waals surface area (Å²) in [5, 5.41) is 29.3. The molecular formula is C22H17N3O7S. The van der Waals surface area contributed by atoms with Gasteiger partial charge in [0, 0.05) is 12.1 Å². The molecule has 0 aromatic heterocycles. The molecule has 0 aliphatic carbocycles. The number of non-ortho nitro benzene ring substituents is 1. The topological polar surface area (TPSA) is 143 Å². The number of ether oxygens (including phenoxy) is 2.